The lowest BCUT2D eigenvalue weighted by atomic mass is 10.1. The molecule has 7 heteroatoms. The van der Waals surface area contributed by atoms with Crippen LogP contribution in [0.3, 0.4) is 0 Å². The maximum absolute atomic E-state index is 11.9. The molecule has 2 rings (SSSR count). The van der Waals surface area contributed by atoms with Crippen LogP contribution in [0.5, 0.6) is 0 Å². The summed E-state index contributed by atoms with van der Waals surface area (Å²) in [5.41, 5.74) is 7.80. The summed E-state index contributed by atoms with van der Waals surface area (Å²) in [6, 6.07) is 4.96. The molecular weight excluding hydrogens is 290 g/mol. The van der Waals surface area contributed by atoms with E-state index in [1.807, 2.05) is 0 Å². The first-order chi connectivity index (χ1) is 9.74. The Morgan fingerprint density at radius 2 is 2.10 bits per heavy atom. The van der Waals surface area contributed by atoms with Crippen molar-refractivity contribution in [2.75, 3.05) is 16.3 Å². The van der Waals surface area contributed by atoms with Crippen molar-refractivity contribution in [1.82, 2.24) is 0 Å². The van der Waals surface area contributed by atoms with E-state index in [4.69, 9.17) is 5.73 Å². The highest BCUT2D eigenvalue weighted by atomic mass is 32.2. The van der Waals surface area contributed by atoms with Crippen molar-refractivity contribution in [1.29, 1.82) is 0 Å². The summed E-state index contributed by atoms with van der Waals surface area (Å²) in [6.07, 6.45) is 3.63. The molecule has 1 unspecified atom stereocenters. The van der Waals surface area contributed by atoms with E-state index in [1.165, 1.54) is 0 Å². The third-order valence-electron chi connectivity index (χ3n) is 3.45. The van der Waals surface area contributed by atoms with Crippen molar-refractivity contribution in [3.8, 4) is 0 Å². The molecule has 1 aromatic carbocycles. The van der Waals surface area contributed by atoms with Crippen molar-refractivity contribution in [3.63, 3.8) is 0 Å². The van der Waals surface area contributed by atoms with Gasteiger partial charge in [-0.2, -0.15) is 0 Å². The molecule has 6 nitrogen and oxygen atoms in total. The minimum absolute atomic E-state index is 0.0720. The number of rotatable bonds is 6. The molecule has 1 aromatic rings. The monoisotopic (exact) mass is 311 g/mol. The van der Waals surface area contributed by atoms with Gasteiger partial charge in [0.1, 0.15) is 0 Å². The van der Waals surface area contributed by atoms with E-state index in [1.54, 1.807) is 25.1 Å². The van der Waals surface area contributed by atoms with Crippen LogP contribution in [0.4, 0.5) is 11.4 Å². The molecule has 0 spiro atoms. The Kier molecular flexibility index (Phi) is 4.53. The zero-order valence-corrected chi connectivity index (χ0v) is 13.0. The lowest BCUT2D eigenvalue weighted by Gasteiger charge is -2.13. The smallest absolute Gasteiger partial charge is 0.229 e. The van der Waals surface area contributed by atoms with E-state index < -0.39 is 10.0 Å². The Bertz CT molecular complexity index is 639. The van der Waals surface area contributed by atoms with Crippen LogP contribution in [0.2, 0.25) is 0 Å². The zero-order chi connectivity index (χ0) is 15.6. The van der Waals surface area contributed by atoms with Crippen molar-refractivity contribution in [2.45, 2.75) is 32.2 Å². The Balaban J connectivity index is 1.97. The summed E-state index contributed by atoms with van der Waals surface area (Å²) in [5, 5.41) is 2.79. The highest BCUT2D eigenvalue weighted by Crippen LogP contribution is 2.32. The average Bonchev–Trinajstić information content (AvgIpc) is 3.15. The van der Waals surface area contributed by atoms with Crippen LogP contribution in [0, 0.1) is 12.8 Å². The standard InChI is InChI=1S/C14H21N3O3S/c1-9-7-11(5-6-13(9)17-21(2,19)20)16-14(18)8-12(15)10-3-4-10/h5-7,10,12,17H,3-4,8,15H2,1-2H3,(H,16,18). The van der Waals surface area contributed by atoms with Gasteiger partial charge in [0.25, 0.3) is 0 Å². The fraction of sp³-hybridized carbons (Fsp3) is 0.500. The van der Waals surface area contributed by atoms with Gasteiger partial charge >= 0.3 is 0 Å². The van der Waals surface area contributed by atoms with Gasteiger partial charge in [0.05, 0.1) is 11.9 Å². The van der Waals surface area contributed by atoms with Gasteiger partial charge in [-0.15, -0.1) is 0 Å². The van der Waals surface area contributed by atoms with Crippen molar-refractivity contribution in [2.24, 2.45) is 11.7 Å². The number of amides is 1. The van der Waals surface area contributed by atoms with Crippen molar-refractivity contribution >= 4 is 27.3 Å². The normalized spacial score (nSPS) is 16.3. The molecule has 21 heavy (non-hydrogen) atoms. The van der Waals surface area contributed by atoms with Gasteiger partial charge in [-0.1, -0.05) is 0 Å². The summed E-state index contributed by atoms with van der Waals surface area (Å²) < 4.78 is 24.8. The number of benzene rings is 1. The number of hydrogen-bond donors (Lipinski definition) is 3. The molecule has 1 amide bonds. The number of carbonyl (C=O) groups excluding carboxylic acids is 1. The Labute approximate surface area is 125 Å². The Morgan fingerprint density at radius 3 is 2.62 bits per heavy atom. The van der Waals surface area contributed by atoms with Gasteiger partial charge in [0, 0.05) is 18.2 Å². The highest BCUT2D eigenvalue weighted by molar-refractivity contribution is 7.92. The topological polar surface area (TPSA) is 101 Å². The number of hydrogen-bond acceptors (Lipinski definition) is 4. The molecule has 116 valence electrons. The molecule has 0 saturated heterocycles. The average molecular weight is 311 g/mol. The third kappa shape index (κ3) is 5.02. The van der Waals surface area contributed by atoms with Crippen LogP contribution in [-0.2, 0) is 14.8 Å². The number of aryl methyl sites for hydroxylation is 1. The number of anilines is 2. The van der Waals surface area contributed by atoms with Crippen LogP contribution >= 0.6 is 0 Å². The molecule has 0 bridgehead atoms. The van der Waals surface area contributed by atoms with E-state index in [9.17, 15) is 13.2 Å². The van der Waals surface area contributed by atoms with Crippen LogP contribution in [-0.4, -0.2) is 26.6 Å². The molecule has 1 atom stereocenters. The zero-order valence-electron chi connectivity index (χ0n) is 12.2. The molecular formula is C14H21N3O3S. The Morgan fingerprint density at radius 1 is 1.43 bits per heavy atom. The summed E-state index contributed by atoms with van der Waals surface area (Å²) in [7, 11) is -3.31. The first kappa shape index (κ1) is 15.8. The maximum atomic E-state index is 11.9. The van der Waals surface area contributed by atoms with Crippen LogP contribution in [0.25, 0.3) is 0 Å². The quantitative estimate of drug-likeness (QED) is 0.739. The molecule has 1 saturated carbocycles. The minimum atomic E-state index is -3.31. The van der Waals surface area contributed by atoms with E-state index >= 15 is 0 Å². The number of sulfonamides is 1. The predicted molar refractivity (Wildman–Crippen MR) is 83.6 cm³/mol. The largest absolute Gasteiger partial charge is 0.327 e. The lowest BCUT2D eigenvalue weighted by Crippen LogP contribution is -2.28. The van der Waals surface area contributed by atoms with Gasteiger partial charge in [0.15, 0.2) is 0 Å². The van der Waals surface area contributed by atoms with E-state index in [0.717, 1.165) is 24.7 Å². The van der Waals surface area contributed by atoms with Gasteiger partial charge < -0.3 is 11.1 Å². The van der Waals surface area contributed by atoms with Gasteiger partial charge in [-0.25, -0.2) is 8.42 Å². The van der Waals surface area contributed by atoms with Crippen LogP contribution < -0.4 is 15.8 Å². The minimum Gasteiger partial charge on any atom is -0.327 e. The predicted octanol–water partition coefficient (Wildman–Crippen LogP) is 1.43. The molecule has 1 fully saturated rings. The van der Waals surface area contributed by atoms with Crippen LogP contribution in [0.15, 0.2) is 18.2 Å². The number of nitrogens with two attached hydrogens (primary N) is 1. The van der Waals surface area contributed by atoms with E-state index in [-0.39, 0.29) is 11.9 Å². The van der Waals surface area contributed by atoms with Gasteiger partial charge in [-0.05, 0) is 49.4 Å². The molecule has 0 radical (unpaired) electrons. The second-order valence-corrected chi connectivity index (χ2v) is 7.41. The second kappa shape index (κ2) is 6.03. The first-order valence-corrected chi connectivity index (χ1v) is 8.77. The number of nitrogens with one attached hydrogen (secondary N) is 2. The lowest BCUT2D eigenvalue weighted by molar-refractivity contribution is -0.116. The SMILES string of the molecule is Cc1cc(NC(=O)CC(N)C2CC2)ccc1NS(C)(=O)=O. The summed E-state index contributed by atoms with van der Waals surface area (Å²) in [4.78, 5) is 11.9. The molecule has 0 heterocycles. The number of carbonyl (C=O) groups is 1. The van der Waals surface area contributed by atoms with Crippen LogP contribution in [0.1, 0.15) is 24.8 Å². The summed E-state index contributed by atoms with van der Waals surface area (Å²) >= 11 is 0. The van der Waals surface area contributed by atoms with Gasteiger partial charge in [-0.3, -0.25) is 9.52 Å². The van der Waals surface area contributed by atoms with E-state index in [0.29, 0.717) is 23.7 Å². The van der Waals surface area contributed by atoms with Gasteiger partial charge in [0.2, 0.25) is 15.9 Å². The summed E-state index contributed by atoms with van der Waals surface area (Å²) in [6.45, 7) is 1.78. The van der Waals surface area contributed by atoms with Crippen molar-refractivity contribution in [3.05, 3.63) is 23.8 Å². The first-order valence-electron chi connectivity index (χ1n) is 6.88. The third-order valence-corrected chi connectivity index (χ3v) is 4.04. The Hall–Kier alpha value is -1.60. The summed E-state index contributed by atoms with van der Waals surface area (Å²) in [5.74, 6) is 0.372. The second-order valence-electron chi connectivity index (χ2n) is 5.66. The maximum Gasteiger partial charge on any atom is 0.229 e. The molecule has 4 N–H and O–H groups in total. The highest BCUT2D eigenvalue weighted by Gasteiger charge is 2.29. The molecule has 1 aliphatic carbocycles. The fourth-order valence-corrected chi connectivity index (χ4v) is 2.80. The van der Waals surface area contributed by atoms with E-state index in [2.05, 4.69) is 10.0 Å². The molecule has 0 aliphatic heterocycles. The fourth-order valence-electron chi connectivity index (χ4n) is 2.17. The molecule has 0 aromatic heterocycles. The molecule has 1 aliphatic rings. The van der Waals surface area contributed by atoms with Crippen molar-refractivity contribution < 1.29 is 13.2 Å².